The van der Waals surface area contributed by atoms with E-state index in [-0.39, 0.29) is 24.0 Å². The molecule has 112 valence electrons. The van der Waals surface area contributed by atoms with Crippen LogP contribution in [0.5, 0.6) is 0 Å². The fraction of sp³-hybridized carbons (Fsp3) is 0.462. The predicted molar refractivity (Wildman–Crippen MR) is 76.9 cm³/mol. The Labute approximate surface area is 119 Å². The maximum Gasteiger partial charge on any atom is 0.243 e. The van der Waals surface area contributed by atoms with Gasteiger partial charge in [-0.25, -0.2) is 8.42 Å². The van der Waals surface area contributed by atoms with Crippen molar-refractivity contribution in [3.8, 4) is 0 Å². The number of carbonyl (C=O) groups excluding carboxylic acids is 1. The maximum atomic E-state index is 12.4. The Morgan fingerprint density at radius 3 is 2.35 bits per heavy atom. The highest BCUT2D eigenvalue weighted by molar-refractivity contribution is 7.89. The number of benzene rings is 1. The summed E-state index contributed by atoms with van der Waals surface area (Å²) in [5.74, 6) is -0.210. The van der Waals surface area contributed by atoms with Crippen LogP contribution in [-0.2, 0) is 14.8 Å². The number of aliphatic hydroxyl groups excluding tert-OH is 1. The average molecular weight is 300 g/mol. The van der Waals surface area contributed by atoms with Crippen molar-refractivity contribution in [2.75, 3.05) is 25.0 Å². The van der Waals surface area contributed by atoms with E-state index in [0.717, 1.165) is 0 Å². The lowest BCUT2D eigenvalue weighted by atomic mass is 10.3. The van der Waals surface area contributed by atoms with Gasteiger partial charge in [0, 0.05) is 32.3 Å². The number of nitrogens with one attached hydrogen (secondary N) is 1. The molecule has 1 rings (SSSR count). The van der Waals surface area contributed by atoms with Crippen LogP contribution in [0.25, 0.3) is 0 Å². The zero-order valence-corrected chi connectivity index (χ0v) is 12.5. The zero-order chi connectivity index (χ0) is 15.2. The van der Waals surface area contributed by atoms with Gasteiger partial charge in [-0.2, -0.15) is 4.31 Å². The van der Waals surface area contributed by atoms with Crippen molar-refractivity contribution in [2.24, 2.45) is 0 Å². The average Bonchev–Trinajstić information content (AvgIpc) is 2.39. The lowest BCUT2D eigenvalue weighted by Crippen LogP contribution is -2.32. The third kappa shape index (κ3) is 4.29. The summed E-state index contributed by atoms with van der Waals surface area (Å²) in [6.45, 7) is 3.71. The molecule has 0 aliphatic heterocycles. The maximum absolute atomic E-state index is 12.4. The van der Waals surface area contributed by atoms with E-state index in [1.165, 1.54) is 23.4 Å². The van der Waals surface area contributed by atoms with Gasteiger partial charge in [0.15, 0.2) is 0 Å². The molecule has 0 saturated heterocycles. The Bertz CT molecular complexity index is 540. The van der Waals surface area contributed by atoms with Crippen LogP contribution in [0.1, 0.15) is 20.3 Å². The van der Waals surface area contributed by atoms with Crippen molar-refractivity contribution in [1.82, 2.24) is 4.31 Å². The highest BCUT2D eigenvalue weighted by Crippen LogP contribution is 2.18. The highest BCUT2D eigenvalue weighted by Gasteiger charge is 2.22. The second-order valence-electron chi connectivity index (χ2n) is 4.28. The Morgan fingerprint density at radius 2 is 1.90 bits per heavy atom. The van der Waals surface area contributed by atoms with E-state index in [9.17, 15) is 13.2 Å². The molecule has 7 heteroatoms. The molecular weight excluding hydrogens is 280 g/mol. The Balaban J connectivity index is 2.93. The molecule has 0 aliphatic carbocycles. The van der Waals surface area contributed by atoms with Gasteiger partial charge in [-0.1, -0.05) is 6.92 Å². The van der Waals surface area contributed by atoms with Crippen LogP contribution in [0.15, 0.2) is 29.2 Å². The summed E-state index contributed by atoms with van der Waals surface area (Å²) in [6, 6.07) is 6.02. The molecule has 0 bridgehead atoms. The topological polar surface area (TPSA) is 86.7 Å². The zero-order valence-electron chi connectivity index (χ0n) is 11.7. The number of anilines is 1. The summed E-state index contributed by atoms with van der Waals surface area (Å²) < 4.78 is 26.0. The first kappa shape index (κ1) is 16.6. The van der Waals surface area contributed by atoms with Crippen LogP contribution in [-0.4, -0.2) is 43.4 Å². The summed E-state index contributed by atoms with van der Waals surface area (Å²) in [4.78, 5) is 11.1. The first-order valence-electron chi connectivity index (χ1n) is 6.40. The van der Waals surface area contributed by atoms with Gasteiger partial charge in [0.1, 0.15) is 0 Å². The van der Waals surface area contributed by atoms with E-state index < -0.39 is 10.0 Å². The van der Waals surface area contributed by atoms with Gasteiger partial charge in [0.25, 0.3) is 0 Å². The number of hydrogen-bond donors (Lipinski definition) is 2. The molecule has 0 unspecified atom stereocenters. The Morgan fingerprint density at radius 1 is 1.30 bits per heavy atom. The van der Waals surface area contributed by atoms with E-state index >= 15 is 0 Å². The van der Waals surface area contributed by atoms with Gasteiger partial charge in [0.05, 0.1) is 4.90 Å². The minimum atomic E-state index is -3.56. The number of nitrogens with zero attached hydrogens (tertiary/aromatic N) is 1. The molecule has 0 atom stereocenters. The van der Waals surface area contributed by atoms with Crippen LogP contribution < -0.4 is 5.32 Å². The van der Waals surface area contributed by atoms with Crippen molar-refractivity contribution < 1.29 is 18.3 Å². The van der Waals surface area contributed by atoms with Crippen molar-refractivity contribution in [2.45, 2.75) is 25.2 Å². The number of amides is 1. The molecule has 1 amide bonds. The summed E-state index contributed by atoms with van der Waals surface area (Å²) in [6.07, 6.45) is 0.400. The van der Waals surface area contributed by atoms with Crippen molar-refractivity contribution in [3.63, 3.8) is 0 Å². The largest absolute Gasteiger partial charge is 0.396 e. The second kappa shape index (κ2) is 7.37. The molecule has 0 aromatic heterocycles. The van der Waals surface area contributed by atoms with Crippen LogP contribution >= 0.6 is 0 Å². The van der Waals surface area contributed by atoms with Gasteiger partial charge in [-0.05, 0) is 30.7 Å². The molecule has 1 aromatic rings. The molecule has 2 N–H and O–H groups in total. The number of hydrogen-bond acceptors (Lipinski definition) is 4. The number of aliphatic hydroxyl groups is 1. The first-order valence-corrected chi connectivity index (χ1v) is 7.84. The Hall–Kier alpha value is -1.44. The molecule has 1 aromatic carbocycles. The molecule has 20 heavy (non-hydrogen) atoms. The first-order chi connectivity index (χ1) is 9.41. The molecule has 0 aliphatic rings. The molecule has 6 nitrogen and oxygen atoms in total. The van der Waals surface area contributed by atoms with Gasteiger partial charge in [0.2, 0.25) is 15.9 Å². The van der Waals surface area contributed by atoms with Crippen LogP contribution in [0.3, 0.4) is 0 Å². The lowest BCUT2D eigenvalue weighted by molar-refractivity contribution is -0.114. The molecule has 0 fully saturated rings. The van der Waals surface area contributed by atoms with Crippen molar-refractivity contribution >= 4 is 21.6 Å². The van der Waals surface area contributed by atoms with E-state index in [4.69, 9.17) is 5.11 Å². The van der Waals surface area contributed by atoms with E-state index in [0.29, 0.717) is 18.7 Å². The number of rotatable bonds is 7. The summed E-state index contributed by atoms with van der Waals surface area (Å²) in [5, 5.41) is 11.4. The van der Waals surface area contributed by atoms with Crippen molar-refractivity contribution in [1.29, 1.82) is 0 Å². The SMILES string of the molecule is CCN(CCCO)S(=O)(=O)c1ccc(NC(C)=O)cc1. The molecule has 0 radical (unpaired) electrons. The summed E-state index contributed by atoms with van der Waals surface area (Å²) in [7, 11) is -3.56. The van der Waals surface area contributed by atoms with Gasteiger partial charge >= 0.3 is 0 Å². The van der Waals surface area contributed by atoms with Crippen LogP contribution in [0.4, 0.5) is 5.69 Å². The third-order valence-electron chi connectivity index (χ3n) is 2.73. The number of sulfonamides is 1. The Kier molecular flexibility index (Phi) is 6.12. The van der Waals surface area contributed by atoms with Gasteiger partial charge in [-0.3, -0.25) is 4.79 Å². The smallest absolute Gasteiger partial charge is 0.243 e. The van der Waals surface area contributed by atoms with Crippen molar-refractivity contribution in [3.05, 3.63) is 24.3 Å². The second-order valence-corrected chi connectivity index (χ2v) is 6.22. The van der Waals surface area contributed by atoms with E-state index in [1.54, 1.807) is 19.1 Å². The summed E-state index contributed by atoms with van der Waals surface area (Å²) in [5.41, 5.74) is 0.551. The molecule has 0 saturated carbocycles. The van der Waals surface area contributed by atoms with E-state index in [2.05, 4.69) is 5.32 Å². The van der Waals surface area contributed by atoms with Gasteiger partial charge in [-0.15, -0.1) is 0 Å². The lowest BCUT2D eigenvalue weighted by Gasteiger charge is -2.20. The normalized spacial score (nSPS) is 11.6. The molecule has 0 spiro atoms. The highest BCUT2D eigenvalue weighted by atomic mass is 32.2. The quantitative estimate of drug-likeness (QED) is 0.787. The van der Waals surface area contributed by atoms with E-state index in [1.807, 2.05) is 0 Å². The third-order valence-corrected chi connectivity index (χ3v) is 4.72. The molecule has 0 heterocycles. The molecular formula is C13H20N2O4S. The number of carbonyl (C=O) groups is 1. The summed E-state index contributed by atoms with van der Waals surface area (Å²) >= 11 is 0. The van der Waals surface area contributed by atoms with Crippen LogP contribution in [0, 0.1) is 0 Å². The monoisotopic (exact) mass is 300 g/mol. The fourth-order valence-electron chi connectivity index (χ4n) is 1.76. The van der Waals surface area contributed by atoms with Gasteiger partial charge < -0.3 is 10.4 Å². The fourth-order valence-corrected chi connectivity index (χ4v) is 3.25. The minimum absolute atomic E-state index is 0.0481. The van der Waals surface area contributed by atoms with Crippen LogP contribution in [0.2, 0.25) is 0 Å². The predicted octanol–water partition coefficient (Wildman–Crippen LogP) is 1.04. The minimum Gasteiger partial charge on any atom is -0.396 e. The standard InChI is InChI=1S/C13H20N2O4S/c1-3-15(9-4-10-16)20(18,19)13-7-5-12(6-8-13)14-11(2)17/h5-8,16H,3-4,9-10H2,1-2H3,(H,14,17).